The molecule has 4 nitrogen and oxygen atoms in total. The van der Waals surface area contributed by atoms with E-state index in [2.05, 4.69) is 5.32 Å². The molecule has 1 rings (SSSR count). The minimum atomic E-state index is -1.03. The Kier molecular flexibility index (Phi) is 3.22. The normalized spacial score (nSPS) is 23.5. The van der Waals surface area contributed by atoms with Crippen LogP contribution in [-0.4, -0.2) is 29.4 Å². The highest BCUT2D eigenvalue weighted by atomic mass is 16.4. The summed E-state index contributed by atoms with van der Waals surface area (Å²) in [6, 6.07) is -0.213. The molecule has 0 radical (unpaired) electrons. The Labute approximate surface area is 71.0 Å². The zero-order chi connectivity index (χ0) is 8.97. The van der Waals surface area contributed by atoms with Crippen molar-refractivity contribution in [3.8, 4) is 0 Å². The van der Waals surface area contributed by atoms with Crippen molar-refractivity contribution in [2.45, 2.75) is 31.7 Å². The minimum absolute atomic E-state index is 0.192. The van der Waals surface area contributed by atoms with Crippen LogP contribution in [0.5, 0.6) is 0 Å². The highest BCUT2D eigenvalue weighted by molar-refractivity contribution is 5.97. The number of aliphatic carboxylic acids is 1. The number of carboxylic acid groups (broad SMARTS) is 1. The van der Waals surface area contributed by atoms with E-state index in [0.717, 1.165) is 25.8 Å². The molecule has 0 bridgehead atoms. The van der Waals surface area contributed by atoms with Crippen molar-refractivity contribution in [3.63, 3.8) is 0 Å². The van der Waals surface area contributed by atoms with Gasteiger partial charge in [-0.25, -0.2) is 0 Å². The molecule has 2 N–H and O–H groups in total. The first-order chi connectivity index (χ1) is 5.70. The van der Waals surface area contributed by atoms with Gasteiger partial charge in [-0.05, 0) is 19.4 Å². The highest BCUT2D eigenvalue weighted by Crippen LogP contribution is 2.08. The number of rotatable bonds is 3. The number of hydrogen-bond donors (Lipinski definition) is 2. The number of carbonyl (C=O) groups is 2. The van der Waals surface area contributed by atoms with Gasteiger partial charge < -0.3 is 10.4 Å². The van der Waals surface area contributed by atoms with Gasteiger partial charge in [-0.1, -0.05) is 6.42 Å². The smallest absolute Gasteiger partial charge is 0.310 e. The van der Waals surface area contributed by atoms with Crippen LogP contribution in [0.1, 0.15) is 25.7 Å². The van der Waals surface area contributed by atoms with Crippen LogP contribution in [0.2, 0.25) is 0 Å². The van der Waals surface area contributed by atoms with Gasteiger partial charge in [0.1, 0.15) is 6.42 Å². The second-order valence-electron chi connectivity index (χ2n) is 3.04. The number of carbonyl (C=O) groups excluding carboxylic acids is 1. The lowest BCUT2D eigenvalue weighted by Crippen LogP contribution is -2.41. The van der Waals surface area contributed by atoms with Gasteiger partial charge in [-0.15, -0.1) is 0 Å². The summed E-state index contributed by atoms with van der Waals surface area (Å²) < 4.78 is 0. The second-order valence-corrected chi connectivity index (χ2v) is 3.04. The van der Waals surface area contributed by atoms with Crippen molar-refractivity contribution >= 4 is 11.8 Å². The molecule has 0 aromatic carbocycles. The molecule has 68 valence electrons. The van der Waals surface area contributed by atoms with E-state index in [1.807, 2.05) is 0 Å². The summed E-state index contributed by atoms with van der Waals surface area (Å²) in [6.45, 7) is 0.829. The lowest BCUT2D eigenvalue weighted by Gasteiger charge is -2.21. The Morgan fingerprint density at radius 3 is 2.67 bits per heavy atom. The number of ketones is 1. The molecule has 0 aliphatic carbocycles. The fourth-order valence-corrected chi connectivity index (χ4v) is 1.40. The van der Waals surface area contributed by atoms with E-state index in [4.69, 9.17) is 5.11 Å². The van der Waals surface area contributed by atoms with E-state index in [0.29, 0.717) is 0 Å². The molecule has 0 aromatic heterocycles. The maximum Gasteiger partial charge on any atom is 0.310 e. The summed E-state index contributed by atoms with van der Waals surface area (Å²) in [5, 5.41) is 11.4. The third-order valence-electron chi connectivity index (χ3n) is 2.02. The first-order valence-corrected chi connectivity index (χ1v) is 4.18. The van der Waals surface area contributed by atoms with Gasteiger partial charge in [0.05, 0.1) is 6.04 Å². The number of carboxylic acids is 1. The van der Waals surface area contributed by atoms with Crippen molar-refractivity contribution in [2.75, 3.05) is 6.54 Å². The Hall–Kier alpha value is -0.900. The molecule has 0 aromatic rings. The molecule has 1 aliphatic heterocycles. The summed E-state index contributed by atoms with van der Waals surface area (Å²) in [5.74, 6) is -1.23. The fraction of sp³-hybridized carbons (Fsp3) is 0.750. The van der Waals surface area contributed by atoms with Crippen molar-refractivity contribution in [2.24, 2.45) is 0 Å². The van der Waals surface area contributed by atoms with E-state index in [1.165, 1.54) is 0 Å². The molecule has 0 saturated carbocycles. The number of hydrogen-bond acceptors (Lipinski definition) is 3. The standard InChI is InChI=1S/C8H13NO3/c10-7(5-8(11)12)6-3-1-2-4-9-6/h6,9H,1-5H2,(H,11,12). The molecule has 1 fully saturated rings. The Bertz CT molecular complexity index is 185. The fourth-order valence-electron chi connectivity index (χ4n) is 1.40. The van der Waals surface area contributed by atoms with Crippen LogP contribution in [0.15, 0.2) is 0 Å². The minimum Gasteiger partial charge on any atom is -0.481 e. The van der Waals surface area contributed by atoms with Gasteiger partial charge in [0.25, 0.3) is 0 Å². The average molecular weight is 171 g/mol. The lowest BCUT2D eigenvalue weighted by molar-refractivity contribution is -0.140. The first kappa shape index (κ1) is 9.19. The zero-order valence-electron chi connectivity index (χ0n) is 6.88. The van der Waals surface area contributed by atoms with E-state index in [9.17, 15) is 9.59 Å². The van der Waals surface area contributed by atoms with Crippen molar-refractivity contribution < 1.29 is 14.7 Å². The van der Waals surface area contributed by atoms with Crippen LogP contribution in [-0.2, 0) is 9.59 Å². The summed E-state index contributed by atoms with van der Waals surface area (Å²) in [6.07, 6.45) is 2.53. The van der Waals surface area contributed by atoms with Crippen LogP contribution in [0.3, 0.4) is 0 Å². The quantitative estimate of drug-likeness (QED) is 0.594. The van der Waals surface area contributed by atoms with Gasteiger partial charge in [-0.2, -0.15) is 0 Å². The predicted octanol–water partition coefficient (Wildman–Crippen LogP) is 0.172. The molecule has 1 unspecified atom stereocenters. The third kappa shape index (κ3) is 2.62. The van der Waals surface area contributed by atoms with E-state index >= 15 is 0 Å². The van der Waals surface area contributed by atoms with Crippen LogP contribution < -0.4 is 5.32 Å². The van der Waals surface area contributed by atoms with E-state index in [-0.39, 0.29) is 18.2 Å². The summed E-state index contributed by atoms with van der Waals surface area (Å²) >= 11 is 0. The summed E-state index contributed by atoms with van der Waals surface area (Å²) in [4.78, 5) is 21.4. The molecular formula is C8H13NO3. The van der Waals surface area contributed by atoms with Crippen LogP contribution in [0.4, 0.5) is 0 Å². The van der Waals surface area contributed by atoms with Gasteiger partial charge >= 0.3 is 5.97 Å². The van der Waals surface area contributed by atoms with Gasteiger partial charge in [0.2, 0.25) is 0 Å². The molecule has 0 amide bonds. The maximum absolute atomic E-state index is 11.2. The SMILES string of the molecule is O=C(O)CC(=O)C1CCCCN1. The Balaban J connectivity index is 2.34. The topological polar surface area (TPSA) is 66.4 Å². The predicted molar refractivity (Wildman–Crippen MR) is 42.9 cm³/mol. The molecule has 1 atom stereocenters. The third-order valence-corrected chi connectivity index (χ3v) is 2.02. The van der Waals surface area contributed by atoms with Gasteiger partial charge in [-0.3, -0.25) is 9.59 Å². The van der Waals surface area contributed by atoms with E-state index in [1.54, 1.807) is 0 Å². The second kappa shape index (κ2) is 4.21. The molecule has 1 aliphatic rings. The van der Waals surface area contributed by atoms with Crippen LogP contribution in [0.25, 0.3) is 0 Å². The Morgan fingerprint density at radius 1 is 1.42 bits per heavy atom. The van der Waals surface area contributed by atoms with Crippen molar-refractivity contribution in [3.05, 3.63) is 0 Å². The Morgan fingerprint density at radius 2 is 2.17 bits per heavy atom. The van der Waals surface area contributed by atoms with Gasteiger partial charge in [0.15, 0.2) is 5.78 Å². The van der Waals surface area contributed by atoms with E-state index < -0.39 is 5.97 Å². The molecule has 1 saturated heterocycles. The van der Waals surface area contributed by atoms with Crippen LogP contribution in [0, 0.1) is 0 Å². The first-order valence-electron chi connectivity index (χ1n) is 4.18. The van der Waals surface area contributed by atoms with Gasteiger partial charge in [0, 0.05) is 0 Å². The molecule has 4 heteroatoms. The maximum atomic E-state index is 11.2. The number of nitrogens with one attached hydrogen (secondary N) is 1. The highest BCUT2D eigenvalue weighted by Gasteiger charge is 2.21. The van der Waals surface area contributed by atoms with Crippen LogP contribution >= 0.6 is 0 Å². The van der Waals surface area contributed by atoms with Crippen molar-refractivity contribution in [1.29, 1.82) is 0 Å². The lowest BCUT2D eigenvalue weighted by atomic mass is 9.99. The summed E-state index contributed by atoms with van der Waals surface area (Å²) in [7, 11) is 0. The summed E-state index contributed by atoms with van der Waals surface area (Å²) in [5.41, 5.74) is 0. The molecule has 1 heterocycles. The molecule has 0 spiro atoms. The number of piperidine rings is 1. The molecule has 12 heavy (non-hydrogen) atoms. The number of Topliss-reactive ketones (excluding diaryl/α,β-unsaturated/α-hetero) is 1. The average Bonchev–Trinajstić information content (AvgIpc) is 2.05. The monoisotopic (exact) mass is 171 g/mol. The molecular weight excluding hydrogens is 158 g/mol. The largest absolute Gasteiger partial charge is 0.481 e. The zero-order valence-corrected chi connectivity index (χ0v) is 6.88. The van der Waals surface area contributed by atoms with Crippen molar-refractivity contribution in [1.82, 2.24) is 5.32 Å².